The molecule has 1 spiro atoms. The van der Waals surface area contributed by atoms with Gasteiger partial charge in [-0.15, -0.1) is 0 Å². The molecule has 0 unspecified atom stereocenters. The zero-order valence-electron chi connectivity index (χ0n) is 26.4. The number of halogens is 3. The van der Waals surface area contributed by atoms with Gasteiger partial charge in [-0.3, -0.25) is 9.59 Å². The average molecular weight is 679 g/mol. The molecule has 254 valence electrons. The molecule has 0 radical (unpaired) electrons. The Morgan fingerprint density at radius 2 is 1.81 bits per heavy atom. The summed E-state index contributed by atoms with van der Waals surface area (Å²) in [6, 6.07) is 13.2. The molecular formula is C32H37F3N4O7S. The number of fused-ring (bicyclic) bond motifs is 2. The van der Waals surface area contributed by atoms with E-state index < -0.39 is 39.4 Å². The van der Waals surface area contributed by atoms with E-state index in [4.69, 9.17) is 14.2 Å². The third-order valence-corrected chi connectivity index (χ3v) is 9.61. The van der Waals surface area contributed by atoms with E-state index in [0.29, 0.717) is 61.6 Å². The second-order valence-electron chi connectivity index (χ2n) is 11.7. The van der Waals surface area contributed by atoms with Gasteiger partial charge in [-0.25, -0.2) is 8.42 Å². The molecule has 0 aliphatic carbocycles. The molecule has 2 N–H and O–H groups in total. The van der Waals surface area contributed by atoms with Crippen molar-refractivity contribution in [2.45, 2.75) is 50.2 Å². The molecule has 2 aliphatic heterocycles. The van der Waals surface area contributed by atoms with Gasteiger partial charge in [0.15, 0.2) is 0 Å². The second-order valence-corrected chi connectivity index (χ2v) is 13.5. The van der Waals surface area contributed by atoms with E-state index >= 15 is 0 Å². The lowest BCUT2D eigenvalue weighted by atomic mass is 9.84. The van der Waals surface area contributed by atoms with Crippen molar-refractivity contribution in [1.29, 1.82) is 0 Å². The summed E-state index contributed by atoms with van der Waals surface area (Å²) < 4.78 is 83.9. The Bertz CT molecular complexity index is 1760. The average Bonchev–Trinajstić information content (AvgIpc) is 3.11. The number of rotatable bonds is 9. The zero-order chi connectivity index (χ0) is 34.1. The van der Waals surface area contributed by atoms with Crippen molar-refractivity contribution in [3.8, 4) is 11.5 Å². The molecule has 15 heteroatoms. The summed E-state index contributed by atoms with van der Waals surface area (Å²) in [7, 11) is -1.49. The minimum atomic E-state index is -5.46. The smallest absolute Gasteiger partial charge is 0.472 e. The van der Waals surface area contributed by atoms with Crippen LogP contribution in [0.2, 0.25) is 0 Å². The van der Waals surface area contributed by atoms with Crippen molar-refractivity contribution in [3.05, 3.63) is 60.2 Å². The fourth-order valence-electron chi connectivity index (χ4n) is 6.11. The summed E-state index contributed by atoms with van der Waals surface area (Å²) >= 11 is 0. The number of nitrogens with zero attached hydrogens (tertiary/aromatic N) is 2. The number of alkyl halides is 3. The van der Waals surface area contributed by atoms with Gasteiger partial charge in [0, 0.05) is 36.4 Å². The van der Waals surface area contributed by atoms with E-state index in [0.717, 1.165) is 6.07 Å². The van der Waals surface area contributed by atoms with Crippen LogP contribution in [0.5, 0.6) is 11.5 Å². The molecule has 3 aromatic carbocycles. The van der Waals surface area contributed by atoms with Crippen LogP contribution in [0.4, 0.5) is 24.5 Å². The predicted molar refractivity (Wildman–Crippen MR) is 170 cm³/mol. The van der Waals surface area contributed by atoms with Crippen molar-refractivity contribution in [2.24, 2.45) is 0 Å². The summed E-state index contributed by atoms with van der Waals surface area (Å²) in [6.07, 6.45) is -4.04. The van der Waals surface area contributed by atoms with Crippen LogP contribution in [-0.2, 0) is 30.9 Å². The SMILES string of the molecule is CN[C@@H](C)CN[C@@H]1C(=O)N(Cc2c(OC)ccc3c(N(C(=O)C(F)(F)F)S(C)(=O)=O)cccc23)c2ccccc2OC12CCOCC2. The molecular weight excluding hydrogens is 641 g/mol. The quantitative estimate of drug-likeness (QED) is 0.348. The van der Waals surface area contributed by atoms with Gasteiger partial charge in [0.25, 0.3) is 0 Å². The molecule has 0 aromatic heterocycles. The second kappa shape index (κ2) is 13.3. The first kappa shape index (κ1) is 34.4. The first-order valence-corrected chi connectivity index (χ1v) is 16.8. The van der Waals surface area contributed by atoms with Crippen molar-refractivity contribution in [1.82, 2.24) is 10.6 Å². The summed E-state index contributed by atoms with van der Waals surface area (Å²) in [5, 5.41) is 6.91. The summed E-state index contributed by atoms with van der Waals surface area (Å²) in [4.78, 5) is 28.7. The van der Waals surface area contributed by atoms with E-state index in [-0.39, 0.29) is 33.6 Å². The molecule has 11 nitrogen and oxygen atoms in total. The highest BCUT2D eigenvalue weighted by Crippen LogP contribution is 2.43. The van der Waals surface area contributed by atoms with Crippen LogP contribution in [0.15, 0.2) is 54.6 Å². The van der Waals surface area contributed by atoms with Crippen molar-refractivity contribution in [2.75, 3.05) is 49.4 Å². The first-order valence-electron chi connectivity index (χ1n) is 15.0. The third-order valence-electron chi connectivity index (χ3n) is 8.59. The minimum Gasteiger partial charge on any atom is -0.496 e. The Labute approximate surface area is 271 Å². The number of nitrogens with one attached hydrogen (secondary N) is 2. The summed E-state index contributed by atoms with van der Waals surface area (Å²) in [5.74, 6) is -2.09. The van der Waals surface area contributed by atoms with Crippen molar-refractivity contribution < 1.29 is 45.4 Å². The number of para-hydroxylation sites is 2. The Hall–Kier alpha value is -3.92. The predicted octanol–water partition coefficient (Wildman–Crippen LogP) is 3.74. The molecule has 1 fully saturated rings. The fourth-order valence-corrected chi connectivity index (χ4v) is 7.03. The van der Waals surface area contributed by atoms with Crippen LogP contribution in [0.1, 0.15) is 25.3 Å². The number of amides is 2. The number of hydrogen-bond donors (Lipinski definition) is 2. The number of methoxy groups -OCH3 is 1. The maximum Gasteiger partial charge on any atom is 0.472 e. The maximum absolute atomic E-state index is 14.8. The monoisotopic (exact) mass is 678 g/mol. The van der Waals surface area contributed by atoms with Crippen LogP contribution in [-0.4, -0.2) is 84.3 Å². The van der Waals surface area contributed by atoms with Crippen LogP contribution < -0.4 is 29.3 Å². The number of hydrogen-bond acceptors (Lipinski definition) is 9. The molecule has 47 heavy (non-hydrogen) atoms. The Morgan fingerprint density at radius 1 is 1.11 bits per heavy atom. The Kier molecular flexibility index (Phi) is 9.74. The van der Waals surface area contributed by atoms with Crippen molar-refractivity contribution >= 4 is 44.0 Å². The molecule has 3 aromatic rings. The van der Waals surface area contributed by atoms with Crippen LogP contribution in [0.25, 0.3) is 10.8 Å². The minimum absolute atomic E-state index is 0.0209. The van der Waals surface area contributed by atoms with Gasteiger partial charge in [0.1, 0.15) is 23.1 Å². The van der Waals surface area contributed by atoms with Gasteiger partial charge in [0.05, 0.1) is 44.5 Å². The van der Waals surface area contributed by atoms with Gasteiger partial charge >= 0.3 is 12.1 Å². The van der Waals surface area contributed by atoms with E-state index in [1.807, 2.05) is 14.0 Å². The van der Waals surface area contributed by atoms with Gasteiger partial charge in [-0.05, 0) is 49.7 Å². The standard InChI is InChI=1S/C32H37F3N4O7S/c1-20(36-2)18-37-28-29(40)38(25-9-5-6-11-27(25)46-31(28)14-16-45-17-15-31)19-23-21-8-7-10-24(22(21)12-13-26(23)44-3)39(47(4,42)43)30(41)32(33,34)35/h5-13,20,28,36-37H,14-19H2,1-4H3/t20-,28+/m0/s1. The highest BCUT2D eigenvalue weighted by molar-refractivity contribution is 7.92. The molecule has 2 atom stereocenters. The van der Waals surface area contributed by atoms with Gasteiger partial charge < -0.3 is 29.7 Å². The summed E-state index contributed by atoms with van der Waals surface area (Å²) in [5.41, 5.74) is -0.566. The number of sulfonamides is 1. The van der Waals surface area contributed by atoms with Gasteiger partial charge in [0.2, 0.25) is 15.9 Å². The van der Waals surface area contributed by atoms with Gasteiger partial charge in [-0.2, -0.15) is 17.5 Å². The normalized spacial score (nSPS) is 18.7. The van der Waals surface area contributed by atoms with E-state index in [1.165, 1.54) is 25.3 Å². The number of likely N-dealkylation sites (N-methyl/N-ethyl adjacent to an activating group) is 1. The zero-order valence-corrected chi connectivity index (χ0v) is 27.2. The molecule has 2 aliphatic rings. The van der Waals surface area contributed by atoms with Crippen LogP contribution >= 0.6 is 0 Å². The number of carbonyl (C=O) groups excluding carboxylic acids is 2. The number of carbonyl (C=O) groups is 2. The fraction of sp³-hybridized carbons (Fsp3) is 0.438. The van der Waals surface area contributed by atoms with Crippen molar-refractivity contribution in [3.63, 3.8) is 0 Å². The van der Waals surface area contributed by atoms with Crippen LogP contribution in [0, 0.1) is 0 Å². The molecule has 0 saturated carbocycles. The largest absolute Gasteiger partial charge is 0.496 e. The molecule has 2 heterocycles. The number of benzene rings is 3. The molecule has 1 saturated heterocycles. The molecule has 5 rings (SSSR count). The lowest BCUT2D eigenvalue weighted by Crippen LogP contribution is -2.63. The number of anilines is 2. The highest BCUT2D eigenvalue weighted by Gasteiger charge is 2.51. The molecule has 0 bridgehead atoms. The first-order chi connectivity index (χ1) is 22.2. The topological polar surface area (TPSA) is 127 Å². The van der Waals surface area contributed by atoms with E-state index in [1.54, 1.807) is 35.2 Å². The number of ether oxygens (including phenoxy) is 3. The third kappa shape index (κ3) is 6.75. The summed E-state index contributed by atoms with van der Waals surface area (Å²) in [6.45, 7) is 3.07. The highest BCUT2D eigenvalue weighted by atomic mass is 32.2. The lowest BCUT2D eigenvalue weighted by molar-refractivity contribution is -0.169. The van der Waals surface area contributed by atoms with Crippen LogP contribution in [0.3, 0.4) is 0 Å². The molecule has 2 amide bonds. The maximum atomic E-state index is 14.8. The van der Waals surface area contributed by atoms with Gasteiger partial charge in [-0.1, -0.05) is 24.3 Å². The lowest BCUT2D eigenvalue weighted by Gasteiger charge is -2.42. The van der Waals surface area contributed by atoms with E-state index in [9.17, 15) is 31.2 Å². The Morgan fingerprint density at radius 3 is 2.45 bits per heavy atom. The Balaban J connectivity index is 1.68. The van der Waals surface area contributed by atoms with E-state index in [2.05, 4.69) is 10.6 Å².